The van der Waals surface area contributed by atoms with Crippen molar-refractivity contribution in [2.45, 2.75) is 58.9 Å². The first-order valence-corrected chi connectivity index (χ1v) is 12.6. The average molecular weight is 544 g/mol. The standard InChI is InChI=1S/C28H32F3N5O3/c1-16(18-9-7-11-20(13-18)28(29,30)31)32-24-22-14-21(25(37)35(6)23(22)17(2)33-34-24)19-10-8-12-36(15-19)26(38)39-27(3,4)5/h7,9-11,13-14,16H,8,12,15H2,1-6H3,(H,32,34). The van der Waals surface area contributed by atoms with Crippen LogP contribution in [0.15, 0.2) is 41.2 Å². The highest BCUT2D eigenvalue weighted by molar-refractivity contribution is 5.93. The normalized spacial score (nSPS) is 15.2. The number of carbonyl (C=O) groups is 1. The molecule has 0 saturated heterocycles. The van der Waals surface area contributed by atoms with Crippen LogP contribution in [-0.4, -0.2) is 44.4 Å². The van der Waals surface area contributed by atoms with Gasteiger partial charge in [0, 0.05) is 31.1 Å². The van der Waals surface area contributed by atoms with E-state index in [9.17, 15) is 22.8 Å². The fourth-order valence-electron chi connectivity index (χ4n) is 4.61. The molecule has 0 fully saturated rings. The second-order valence-corrected chi connectivity index (χ2v) is 10.7. The number of fused-ring (bicyclic) bond motifs is 1. The van der Waals surface area contributed by atoms with Crippen molar-refractivity contribution in [2.75, 3.05) is 18.4 Å². The van der Waals surface area contributed by atoms with E-state index in [0.29, 0.717) is 52.1 Å². The van der Waals surface area contributed by atoms with Gasteiger partial charge in [0.25, 0.3) is 5.56 Å². The Morgan fingerprint density at radius 3 is 2.54 bits per heavy atom. The summed E-state index contributed by atoms with van der Waals surface area (Å²) in [6.07, 6.45) is -2.42. The number of aryl methyl sites for hydroxylation is 2. The Kier molecular flexibility index (Phi) is 7.46. The van der Waals surface area contributed by atoms with Crippen LogP contribution in [0.1, 0.15) is 62.5 Å². The molecule has 0 bridgehead atoms. The smallest absolute Gasteiger partial charge is 0.416 e. The van der Waals surface area contributed by atoms with E-state index in [2.05, 4.69) is 15.5 Å². The summed E-state index contributed by atoms with van der Waals surface area (Å²) in [5.74, 6) is 0.331. The largest absolute Gasteiger partial charge is 0.444 e. The van der Waals surface area contributed by atoms with Gasteiger partial charge in [0.15, 0.2) is 5.82 Å². The summed E-state index contributed by atoms with van der Waals surface area (Å²) in [5, 5.41) is 12.2. The van der Waals surface area contributed by atoms with Crippen LogP contribution >= 0.6 is 0 Å². The fraction of sp³-hybridized carbons (Fsp3) is 0.429. The van der Waals surface area contributed by atoms with E-state index in [1.54, 1.807) is 58.7 Å². The first-order chi connectivity index (χ1) is 18.2. The number of carbonyl (C=O) groups excluding carboxylic acids is 1. The molecule has 3 aromatic rings. The third-order valence-corrected chi connectivity index (χ3v) is 6.53. The van der Waals surface area contributed by atoms with Crippen LogP contribution in [-0.2, 0) is 18.0 Å². The molecular weight excluding hydrogens is 511 g/mol. The summed E-state index contributed by atoms with van der Waals surface area (Å²) in [6, 6.07) is 6.27. The summed E-state index contributed by atoms with van der Waals surface area (Å²) < 4.78 is 46.8. The molecule has 2 aromatic heterocycles. The van der Waals surface area contributed by atoms with Gasteiger partial charge in [-0.1, -0.05) is 18.2 Å². The number of benzene rings is 1. The van der Waals surface area contributed by atoms with E-state index in [4.69, 9.17) is 4.74 Å². The number of nitrogens with one attached hydrogen (secondary N) is 1. The van der Waals surface area contributed by atoms with Crippen molar-refractivity contribution in [3.05, 3.63) is 69.1 Å². The fourth-order valence-corrected chi connectivity index (χ4v) is 4.61. The lowest BCUT2D eigenvalue weighted by atomic mass is 10.0. The molecule has 1 aliphatic heterocycles. The van der Waals surface area contributed by atoms with E-state index in [1.807, 2.05) is 6.08 Å². The first kappa shape index (κ1) is 28.1. The maximum absolute atomic E-state index is 13.4. The molecular formula is C28H32F3N5O3. The molecule has 1 atom stereocenters. The van der Waals surface area contributed by atoms with Crippen LogP contribution in [0.4, 0.5) is 23.8 Å². The van der Waals surface area contributed by atoms with Gasteiger partial charge in [0.2, 0.25) is 0 Å². The molecule has 208 valence electrons. The number of hydrogen-bond donors (Lipinski definition) is 1. The van der Waals surface area contributed by atoms with E-state index >= 15 is 0 Å². The van der Waals surface area contributed by atoms with E-state index in [0.717, 1.165) is 12.1 Å². The zero-order valence-corrected chi connectivity index (χ0v) is 22.8. The number of hydrogen-bond acceptors (Lipinski definition) is 6. The molecule has 1 unspecified atom stereocenters. The molecule has 0 saturated carbocycles. The van der Waals surface area contributed by atoms with Crippen LogP contribution in [0.2, 0.25) is 0 Å². The van der Waals surface area contributed by atoms with Crippen molar-refractivity contribution in [1.82, 2.24) is 19.7 Å². The Hall–Kier alpha value is -3.89. The highest BCUT2D eigenvalue weighted by Crippen LogP contribution is 2.33. The maximum atomic E-state index is 13.4. The van der Waals surface area contributed by atoms with Crippen molar-refractivity contribution < 1.29 is 22.7 Å². The third-order valence-electron chi connectivity index (χ3n) is 6.53. The van der Waals surface area contributed by atoms with Crippen molar-refractivity contribution in [3.8, 4) is 0 Å². The average Bonchev–Trinajstić information content (AvgIpc) is 2.86. The predicted molar refractivity (Wildman–Crippen MR) is 143 cm³/mol. The van der Waals surface area contributed by atoms with Gasteiger partial charge in [0.1, 0.15) is 5.60 Å². The maximum Gasteiger partial charge on any atom is 0.416 e. The van der Waals surface area contributed by atoms with Gasteiger partial charge in [0.05, 0.1) is 22.8 Å². The lowest BCUT2D eigenvalue weighted by Crippen LogP contribution is -2.40. The Labute approximate surface area is 224 Å². The van der Waals surface area contributed by atoms with Crippen LogP contribution in [0.25, 0.3) is 16.5 Å². The molecule has 39 heavy (non-hydrogen) atoms. The van der Waals surface area contributed by atoms with Gasteiger partial charge in [-0.25, -0.2) is 4.79 Å². The zero-order chi connectivity index (χ0) is 28.7. The van der Waals surface area contributed by atoms with E-state index in [1.165, 1.54) is 10.6 Å². The van der Waals surface area contributed by atoms with Gasteiger partial charge in [-0.2, -0.15) is 18.3 Å². The summed E-state index contributed by atoms with van der Waals surface area (Å²) in [6.45, 7) is 9.52. The SMILES string of the molecule is Cc1nnc(NC(C)c2cccc(C(F)(F)F)c2)c2cc(C3=CCCN(C(=O)OC(C)(C)C)C3)c(=O)n(C)c12. The number of aromatic nitrogens is 3. The van der Waals surface area contributed by atoms with Gasteiger partial charge < -0.3 is 19.5 Å². The molecule has 1 aliphatic rings. The summed E-state index contributed by atoms with van der Waals surface area (Å²) in [4.78, 5) is 27.7. The molecule has 0 aliphatic carbocycles. The van der Waals surface area contributed by atoms with Crippen LogP contribution in [0.3, 0.4) is 0 Å². The molecule has 1 aromatic carbocycles. The van der Waals surface area contributed by atoms with Crippen LogP contribution in [0, 0.1) is 6.92 Å². The number of rotatable bonds is 4. The number of nitrogens with zero attached hydrogens (tertiary/aromatic N) is 4. The second kappa shape index (κ2) is 10.3. The lowest BCUT2D eigenvalue weighted by molar-refractivity contribution is -0.137. The minimum absolute atomic E-state index is 0.205. The molecule has 11 heteroatoms. The minimum atomic E-state index is -4.46. The van der Waals surface area contributed by atoms with Gasteiger partial charge in [-0.15, -0.1) is 5.10 Å². The van der Waals surface area contributed by atoms with Crippen molar-refractivity contribution in [3.63, 3.8) is 0 Å². The topological polar surface area (TPSA) is 89.4 Å². The Morgan fingerprint density at radius 1 is 1.15 bits per heavy atom. The Balaban J connectivity index is 1.73. The van der Waals surface area contributed by atoms with Crippen molar-refractivity contribution in [1.29, 1.82) is 0 Å². The first-order valence-electron chi connectivity index (χ1n) is 12.6. The molecule has 3 heterocycles. The summed E-state index contributed by atoms with van der Waals surface area (Å²) in [5.41, 5.74) is 0.948. The minimum Gasteiger partial charge on any atom is -0.444 e. The highest BCUT2D eigenvalue weighted by Gasteiger charge is 2.31. The number of anilines is 1. The Morgan fingerprint density at radius 2 is 1.87 bits per heavy atom. The summed E-state index contributed by atoms with van der Waals surface area (Å²) in [7, 11) is 1.64. The molecule has 0 radical (unpaired) electrons. The van der Waals surface area contributed by atoms with Gasteiger partial charge in [-0.3, -0.25) is 4.79 Å². The molecule has 0 spiro atoms. The van der Waals surface area contributed by atoms with Gasteiger partial charge >= 0.3 is 12.3 Å². The second-order valence-electron chi connectivity index (χ2n) is 10.7. The molecule has 4 rings (SSSR count). The molecule has 1 amide bonds. The monoisotopic (exact) mass is 543 g/mol. The van der Waals surface area contributed by atoms with E-state index in [-0.39, 0.29) is 12.1 Å². The van der Waals surface area contributed by atoms with Crippen molar-refractivity contribution in [2.24, 2.45) is 7.05 Å². The number of alkyl halides is 3. The number of ether oxygens (including phenoxy) is 1. The third kappa shape index (κ3) is 6.07. The predicted octanol–water partition coefficient (Wildman–Crippen LogP) is 5.85. The van der Waals surface area contributed by atoms with Crippen molar-refractivity contribution >= 4 is 28.4 Å². The molecule has 1 N–H and O–H groups in total. The Bertz CT molecular complexity index is 1510. The van der Waals surface area contributed by atoms with Gasteiger partial charge in [-0.05, 0) is 70.4 Å². The van der Waals surface area contributed by atoms with Crippen LogP contribution < -0.4 is 10.9 Å². The zero-order valence-electron chi connectivity index (χ0n) is 22.8. The summed E-state index contributed by atoms with van der Waals surface area (Å²) >= 11 is 0. The quantitative estimate of drug-likeness (QED) is 0.444. The highest BCUT2D eigenvalue weighted by atomic mass is 19.4. The lowest BCUT2D eigenvalue weighted by Gasteiger charge is -2.30. The number of pyridine rings is 1. The van der Waals surface area contributed by atoms with Crippen LogP contribution in [0.5, 0.6) is 0 Å². The molecule has 8 nitrogen and oxygen atoms in total. The number of amides is 1. The van der Waals surface area contributed by atoms with E-state index < -0.39 is 29.5 Å². The number of halogens is 3.